The maximum absolute atomic E-state index is 13.8. The zero-order valence-electron chi connectivity index (χ0n) is 11.7. The molecule has 0 saturated heterocycles. The average molecular weight is 418 g/mol. The summed E-state index contributed by atoms with van der Waals surface area (Å²) in [6.45, 7) is 2.56. The van der Waals surface area contributed by atoms with Crippen molar-refractivity contribution >= 4 is 31.9 Å². The van der Waals surface area contributed by atoms with Crippen molar-refractivity contribution in [3.05, 3.63) is 57.8 Å². The lowest BCUT2D eigenvalue weighted by atomic mass is 10.0. The highest BCUT2D eigenvalue weighted by Crippen LogP contribution is 2.38. The fraction of sp³-hybridized carbons (Fsp3) is 0.250. The molecule has 2 nitrogen and oxygen atoms in total. The number of methoxy groups -OCH3 is 1. The van der Waals surface area contributed by atoms with Gasteiger partial charge < -0.3 is 9.47 Å². The first-order valence-corrected chi connectivity index (χ1v) is 8.17. The predicted molar refractivity (Wildman–Crippen MR) is 89.0 cm³/mol. The van der Waals surface area contributed by atoms with Crippen LogP contribution in [0.25, 0.3) is 0 Å². The molecule has 0 aliphatic heterocycles. The van der Waals surface area contributed by atoms with Crippen molar-refractivity contribution in [2.75, 3.05) is 13.7 Å². The molecule has 0 amide bonds. The molecule has 2 aromatic carbocycles. The summed E-state index contributed by atoms with van der Waals surface area (Å²) in [7, 11) is 1.45. The largest absolute Gasteiger partial charge is 0.494 e. The predicted octanol–water partition coefficient (Wildman–Crippen LogP) is 5.48. The average Bonchev–Trinajstić information content (AvgIpc) is 2.47. The van der Waals surface area contributed by atoms with Gasteiger partial charge in [0.1, 0.15) is 5.75 Å². The molecule has 0 heterocycles. The van der Waals surface area contributed by atoms with Crippen LogP contribution in [-0.2, 0) is 0 Å². The fourth-order valence-electron chi connectivity index (χ4n) is 1.99. The number of hydrogen-bond acceptors (Lipinski definition) is 2. The molecule has 0 fully saturated rings. The van der Waals surface area contributed by atoms with Gasteiger partial charge >= 0.3 is 0 Å². The van der Waals surface area contributed by atoms with Crippen molar-refractivity contribution in [1.29, 1.82) is 0 Å². The second-order valence-corrected chi connectivity index (χ2v) is 6.14. The SMILES string of the molecule is CCOc1ccc(C(Br)c2ccc(OC)c(F)c2)c(Br)c1. The molecule has 1 atom stereocenters. The maximum atomic E-state index is 13.8. The standard InChI is InChI=1S/C16H15Br2FO2/c1-3-21-11-5-6-12(13(17)9-11)16(18)10-4-7-15(20-2)14(19)8-10/h4-9,16H,3H2,1-2H3. The van der Waals surface area contributed by atoms with E-state index >= 15 is 0 Å². The van der Waals surface area contributed by atoms with E-state index in [9.17, 15) is 4.39 Å². The molecule has 1 unspecified atom stereocenters. The van der Waals surface area contributed by atoms with Crippen LogP contribution >= 0.6 is 31.9 Å². The van der Waals surface area contributed by atoms with Crippen molar-refractivity contribution in [2.24, 2.45) is 0 Å². The maximum Gasteiger partial charge on any atom is 0.165 e. The highest BCUT2D eigenvalue weighted by atomic mass is 79.9. The first-order valence-electron chi connectivity index (χ1n) is 6.46. The Bertz CT molecular complexity index is 632. The summed E-state index contributed by atoms with van der Waals surface area (Å²) >= 11 is 7.14. The first-order chi connectivity index (χ1) is 10.1. The van der Waals surface area contributed by atoms with Gasteiger partial charge in [-0.2, -0.15) is 0 Å². The minimum absolute atomic E-state index is 0.122. The molecule has 0 aliphatic carbocycles. The van der Waals surface area contributed by atoms with Crippen LogP contribution in [0.3, 0.4) is 0 Å². The van der Waals surface area contributed by atoms with Crippen molar-refractivity contribution in [1.82, 2.24) is 0 Å². The summed E-state index contributed by atoms with van der Waals surface area (Å²) in [6.07, 6.45) is 0. The molecule has 0 aromatic heterocycles. The van der Waals surface area contributed by atoms with Gasteiger partial charge in [0, 0.05) is 4.47 Å². The van der Waals surface area contributed by atoms with Crippen molar-refractivity contribution < 1.29 is 13.9 Å². The third kappa shape index (κ3) is 3.77. The van der Waals surface area contributed by atoms with Gasteiger partial charge in [-0.15, -0.1) is 0 Å². The molecule has 0 spiro atoms. The zero-order chi connectivity index (χ0) is 15.4. The van der Waals surface area contributed by atoms with Crippen LogP contribution in [0.4, 0.5) is 4.39 Å². The van der Waals surface area contributed by atoms with E-state index in [2.05, 4.69) is 31.9 Å². The molecule has 0 aliphatic rings. The first kappa shape index (κ1) is 16.3. The topological polar surface area (TPSA) is 18.5 Å². The number of hydrogen-bond donors (Lipinski definition) is 0. The summed E-state index contributed by atoms with van der Waals surface area (Å²) in [5.41, 5.74) is 1.82. The van der Waals surface area contributed by atoms with Gasteiger partial charge in [0.15, 0.2) is 11.6 Å². The highest BCUT2D eigenvalue weighted by Gasteiger charge is 2.16. The van der Waals surface area contributed by atoms with Gasteiger partial charge in [0.2, 0.25) is 0 Å². The highest BCUT2D eigenvalue weighted by molar-refractivity contribution is 9.11. The minimum atomic E-state index is -0.374. The van der Waals surface area contributed by atoms with Gasteiger partial charge in [-0.25, -0.2) is 4.39 Å². The molecular weight excluding hydrogens is 403 g/mol. The molecule has 0 saturated carbocycles. The van der Waals surface area contributed by atoms with Gasteiger partial charge in [0.05, 0.1) is 18.5 Å². The third-order valence-corrected chi connectivity index (χ3v) is 4.73. The van der Waals surface area contributed by atoms with Crippen LogP contribution in [0.2, 0.25) is 0 Å². The van der Waals surface area contributed by atoms with E-state index in [0.717, 1.165) is 21.3 Å². The zero-order valence-corrected chi connectivity index (χ0v) is 14.9. The molecular formula is C16H15Br2FO2. The molecule has 2 rings (SSSR count). The van der Waals surface area contributed by atoms with Crippen LogP contribution in [0.1, 0.15) is 22.9 Å². The smallest absolute Gasteiger partial charge is 0.165 e. The third-order valence-electron chi connectivity index (χ3n) is 3.02. The number of benzene rings is 2. The van der Waals surface area contributed by atoms with E-state index in [0.29, 0.717) is 6.61 Å². The molecule has 112 valence electrons. The lowest BCUT2D eigenvalue weighted by Gasteiger charge is -2.15. The van der Waals surface area contributed by atoms with E-state index in [1.807, 2.05) is 31.2 Å². The molecule has 0 bridgehead atoms. The van der Waals surface area contributed by atoms with Crippen molar-refractivity contribution in [3.63, 3.8) is 0 Å². The number of ether oxygens (including phenoxy) is 2. The Hall–Kier alpha value is -1.07. The second-order valence-electron chi connectivity index (χ2n) is 4.37. The summed E-state index contributed by atoms with van der Waals surface area (Å²) in [5, 5.41) is 0. The van der Waals surface area contributed by atoms with E-state index in [-0.39, 0.29) is 16.4 Å². The summed E-state index contributed by atoms with van der Waals surface area (Å²) in [6, 6.07) is 10.7. The molecule has 21 heavy (non-hydrogen) atoms. The molecule has 0 radical (unpaired) electrons. The lowest BCUT2D eigenvalue weighted by Crippen LogP contribution is -1.98. The van der Waals surface area contributed by atoms with Gasteiger partial charge in [-0.05, 0) is 42.3 Å². The van der Waals surface area contributed by atoms with Gasteiger partial charge in [0.25, 0.3) is 0 Å². The van der Waals surface area contributed by atoms with Crippen molar-refractivity contribution in [3.8, 4) is 11.5 Å². The minimum Gasteiger partial charge on any atom is -0.494 e. The quantitative estimate of drug-likeness (QED) is 0.599. The van der Waals surface area contributed by atoms with Gasteiger partial charge in [-0.1, -0.05) is 44.0 Å². The Morgan fingerprint density at radius 3 is 2.52 bits per heavy atom. The fourth-order valence-corrected chi connectivity index (χ4v) is 3.57. The second kappa shape index (κ2) is 7.27. The van der Waals surface area contributed by atoms with E-state index in [1.54, 1.807) is 6.07 Å². The van der Waals surface area contributed by atoms with E-state index in [4.69, 9.17) is 9.47 Å². The Labute approximate surface area is 140 Å². The van der Waals surface area contributed by atoms with Crippen LogP contribution in [-0.4, -0.2) is 13.7 Å². The van der Waals surface area contributed by atoms with Crippen LogP contribution in [0.5, 0.6) is 11.5 Å². The normalized spacial score (nSPS) is 12.0. The van der Waals surface area contributed by atoms with E-state index < -0.39 is 0 Å². The molecule has 0 N–H and O–H groups in total. The Morgan fingerprint density at radius 1 is 1.19 bits per heavy atom. The Kier molecular flexibility index (Phi) is 5.65. The Balaban J connectivity index is 2.31. The van der Waals surface area contributed by atoms with Gasteiger partial charge in [-0.3, -0.25) is 0 Å². The van der Waals surface area contributed by atoms with Crippen LogP contribution < -0.4 is 9.47 Å². The summed E-state index contributed by atoms with van der Waals surface area (Å²) in [4.78, 5) is -0.122. The molecule has 2 aromatic rings. The monoisotopic (exact) mass is 416 g/mol. The van der Waals surface area contributed by atoms with Crippen LogP contribution in [0, 0.1) is 5.82 Å². The molecule has 5 heteroatoms. The Morgan fingerprint density at radius 2 is 1.95 bits per heavy atom. The number of halogens is 3. The van der Waals surface area contributed by atoms with E-state index in [1.165, 1.54) is 13.2 Å². The number of rotatable bonds is 5. The van der Waals surface area contributed by atoms with Crippen molar-refractivity contribution in [2.45, 2.75) is 11.8 Å². The lowest BCUT2D eigenvalue weighted by molar-refractivity contribution is 0.340. The van der Waals surface area contributed by atoms with Crippen LogP contribution in [0.15, 0.2) is 40.9 Å². The summed E-state index contributed by atoms with van der Waals surface area (Å²) in [5.74, 6) is 0.666. The number of alkyl halides is 1. The summed E-state index contributed by atoms with van der Waals surface area (Å²) < 4.78 is 25.1.